The van der Waals surface area contributed by atoms with Gasteiger partial charge in [0.1, 0.15) is 11.5 Å². The Bertz CT molecular complexity index is 620. The molecule has 0 aromatic heterocycles. The van der Waals surface area contributed by atoms with Crippen LogP contribution in [0.1, 0.15) is 35.7 Å². The Morgan fingerprint density at radius 3 is 2.48 bits per heavy atom. The van der Waals surface area contributed by atoms with Gasteiger partial charge in [-0.15, -0.1) is 0 Å². The highest BCUT2D eigenvalue weighted by molar-refractivity contribution is 9.10. The molecule has 0 aliphatic rings. The lowest BCUT2D eigenvalue weighted by atomic mass is 10.1. The van der Waals surface area contributed by atoms with Crippen LogP contribution in [0.25, 0.3) is 0 Å². The van der Waals surface area contributed by atoms with Gasteiger partial charge in [0.25, 0.3) is 0 Å². The number of aryl methyl sites for hydroxylation is 1. The van der Waals surface area contributed by atoms with E-state index in [4.69, 9.17) is 9.84 Å². The number of halogens is 1. The Morgan fingerprint density at radius 1 is 1.14 bits per heavy atom. The number of ether oxygens (including phenoxy) is 1. The lowest BCUT2D eigenvalue weighted by molar-refractivity contribution is 0.0696. The number of hydrogen-bond donors (Lipinski definition) is 1. The molecule has 1 N–H and O–H groups in total. The summed E-state index contributed by atoms with van der Waals surface area (Å²) in [6, 6.07) is 12.7. The van der Waals surface area contributed by atoms with Crippen molar-refractivity contribution in [3.63, 3.8) is 0 Å². The van der Waals surface area contributed by atoms with Crippen LogP contribution in [0.2, 0.25) is 0 Å². The number of benzene rings is 2. The highest BCUT2D eigenvalue weighted by Gasteiger charge is 2.07. The zero-order valence-corrected chi connectivity index (χ0v) is 13.4. The van der Waals surface area contributed by atoms with Crippen molar-refractivity contribution in [2.24, 2.45) is 0 Å². The number of hydrogen-bond acceptors (Lipinski definition) is 2. The minimum atomic E-state index is -0.976. The van der Waals surface area contributed by atoms with Crippen LogP contribution in [0.4, 0.5) is 0 Å². The van der Waals surface area contributed by atoms with E-state index in [1.807, 2.05) is 24.3 Å². The molecule has 0 unspecified atom stereocenters. The van der Waals surface area contributed by atoms with Crippen LogP contribution in [0.3, 0.4) is 0 Å². The Labute approximate surface area is 132 Å². The van der Waals surface area contributed by atoms with Crippen molar-refractivity contribution in [2.45, 2.75) is 26.2 Å². The minimum absolute atomic E-state index is 0.193. The Balaban J connectivity index is 2.12. The van der Waals surface area contributed by atoms with Gasteiger partial charge >= 0.3 is 5.97 Å². The molecule has 3 nitrogen and oxygen atoms in total. The van der Waals surface area contributed by atoms with Crippen molar-refractivity contribution >= 4 is 21.9 Å². The van der Waals surface area contributed by atoms with E-state index in [9.17, 15) is 4.79 Å². The summed E-state index contributed by atoms with van der Waals surface area (Å²) >= 11 is 3.29. The summed E-state index contributed by atoms with van der Waals surface area (Å²) in [6.45, 7) is 2.17. The third-order valence-corrected chi connectivity index (χ3v) is 3.55. The SMILES string of the molecule is CCCCc1ccc(Oc2cc(Br)cc(C(=O)O)c2)cc1. The fourth-order valence-corrected chi connectivity index (χ4v) is 2.46. The van der Waals surface area contributed by atoms with E-state index in [0.717, 1.165) is 6.42 Å². The summed E-state index contributed by atoms with van der Waals surface area (Å²) in [5.41, 5.74) is 1.48. The van der Waals surface area contributed by atoms with Crippen molar-refractivity contribution in [2.75, 3.05) is 0 Å². The average molecular weight is 349 g/mol. The monoisotopic (exact) mass is 348 g/mol. The van der Waals surface area contributed by atoms with Gasteiger partial charge < -0.3 is 9.84 Å². The lowest BCUT2D eigenvalue weighted by Gasteiger charge is -2.08. The first-order valence-electron chi connectivity index (χ1n) is 6.89. The number of rotatable bonds is 6. The summed E-state index contributed by atoms with van der Waals surface area (Å²) in [5, 5.41) is 9.04. The molecule has 0 aliphatic heterocycles. The van der Waals surface area contributed by atoms with Gasteiger partial charge in [-0.2, -0.15) is 0 Å². The standard InChI is InChI=1S/C17H17BrO3/c1-2-3-4-12-5-7-15(8-6-12)21-16-10-13(17(19)20)9-14(18)11-16/h5-11H,2-4H2,1H3,(H,19,20). The van der Waals surface area contributed by atoms with E-state index >= 15 is 0 Å². The Kier molecular flexibility index (Phi) is 5.39. The minimum Gasteiger partial charge on any atom is -0.478 e. The molecule has 110 valence electrons. The molecule has 21 heavy (non-hydrogen) atoms. The maximum Gasteiger partial charge on any atom is 0.335 e. The zero-order chi connectivity index (χ0) is 15.2. The van der Waals surface area contributed by atoms with E-state index in [-0.39, 0.29) is 5.56 Å². The van der Waals surface area contributed by atoms with Crippen LogP contribution in [-0.4, -0.2) is 11.1 Å². The second-order valence-electron chi connectivity index (χ2n) is 4.83. The Morgan fingerprint density at radius 2 is 1.86 bits per heavy atom. The summed E-state index contributed by atoms with van der Waals surface area (Å²) in [7, 11) is 0. The third kappa shape index (κ3) is 4.60. The maximum atomic E-state index is 11.0. The topological polar surface area (TPSA) is 46.5 Å². The van der Waals surface area contributed by atoms with E-state index in [1.54, 1.807) is 12.1 Å². The predicted molar refractivity (Wildman–Crippen MR) is 86.2 cm³/mol. The first-order chi connectivity index (χ1) is 10.1. The molecule has 0 saturated heterocycles. The molecule has 0 heterocycles. The zero-order valence-electron chi connectivity index (χ0n) is 11.8. The van der Waals surface area contributed by atoms with E-state index < -0.39 is 5.97 Å². The van der Waals surface area contributed by atoms with E-state index in [0.29, 0.717) is 16.0 Å². The number of carboxylic acids is 1. The summed E-state index contributed by atoms with van der Waals surface area (Å²) in [4.78, 5) is 11.0. The van der Waals surface area contributed by atoms with Gasteiger partial charge in [0.05, 0.1) is 5.56 Å². The van der Waals surface area contributed by atoms with Gasteiger partial charge in [0, 0.05) is 4.47 Å². The number of carbonyl (C=O) groups is 1. The quantitative estimate of drug-likeness (QED) is 0.772. The first-order valence-corrected chi connectivity index (χ1v) is 7.68. The molecule has 2 aromatic rings. The molecule has 0 aliphatic carbocycles. The fraction of sp³-hybridized carbons (Fsp3) is 0.235. The van der Waals surface area contributed by atoms with Gasteiger partial charge in [-0.05, 0) is 48.7 Å². The maximum absolute atomic E-state index is 11.0. The lowest BCUT2D eigenvalue weighted by Crippen LogP contribution is -1.97. The van der Waals surface area contributed by atoms with Crippen LogP contribution in [-0.2, 0) is 6.42 Å². The van der Waals surface area contributed by atoms with Crippen molar-refractivity contribution < 1.29 is 14.6 Å². The molecule has 0 fully saturated rings. The Hall–Kier alpha value is -1.81. The molecular formula is C17H17BrO3. The molecule has 2 aromatic carbocycles. The first kappa shape index (κ1) is 15.6. The molecule has 0 amide bonds. The molecule has 0 radical (unpaired) electrons. The largest absolute Gasteiger partial charge is 0.478 e. The molecule has 4 heteroatoms. The normalized spacial score (nSPS) is 10.4. The van der Waals surface area contributed by atoms with Gasteiger partial charge in [-0.25, -0.2) is 4.79 Å². The second kappa shape index (κ2) is 7.27. The van der Waals surface area contributed by atoms with Gasteiger partial charge in [-0.3, -0.25) is 0 Å². The van der Waals surface area contributed by atoms with Gasteiger partial charge in [-0.1, -0.05) is 41.4 Å². The number of aromatic carboxylic acids is 1. The second-order valence-corrected chi connectivity index (χ2v) is 5.75. The van der Waals surface area contributed by atoms with Crippen molar-refractivity contribution in [3.8, 4) is 11.5 Å². The van der Waals surface area contributed by atoms with Crippen LogP contribution in [0.15, 0.2) is 46.9 Å². The molecule has 0 saturated carbocycles. The van der Waals surface area contributed by atoms with Gasteiger partial charge in [0.15, 0.2) is 0 Å². The van der Waals surface area contributed by atoms with Crippen molar-refractivity contribution in [1.82, 2.24) is 0 Å². The molecular weight excluding hydrogens is 332 g/mol. The highest BCUT2D eigenvalue weighted by atomic mass is 79.9. The summed E-state index contributed by atoms with van der Waals surface area (Å²) in [5.74, 6) is 0.226. The average Bonchev–Trinajstić information content (AvgIpc) is 2.46. The van der Waals surface area contributed by atoms with E-state index in [2.05, 4.69) is 22.9 Å². The number of carboxylic acid groups (broad SMARTS) is 1. The molecule has 0 spiro atoms. The van der Waals surface area contributed by atoms with Crippen LogP contribution in [0, 0.1) is 0 Å². The number of unbranched alkanes of at least 4 members (excludes halogenated alkanes) is 1. The van der Waals surface area contributed by atoms with Crippen LogP contribution in [0.5, 0.6) is 11.5 Å². The smallest absolute Gasteiger partial charge is 0.335 e. The van der Waals surface area contributed by atoms with Crippen LogP contribution < -0.4 is 4.74 Å². The summed E-state index contributed by atoms with van der Waals surface area (Å²) < 4.78 is 6.39. The van der Waals surface area contributed by atoms with Gasteiger partial charge in [0.2, 0.25) is 0 Å². The molecule has 2 rings (SSSR count). The predicted octanol–water partition coefficient (Wildman–Crippen LogP) is 5.28. The molecule has 0 bridgehead atoms. The third-order valence-electron chi connectivity index (χ3n) is 3.10. The van der Waals surface area contributed by atoms with Crippen molar-refractivity contribution in [3.05, 3.63) is 58.1 Å². The van der Waals surface area contributed by atoms with Crippen LogP contribution >= 0.6 is 15.9 Å². The molecule has 0 atom stereocenters. The van der Waals surface area contributed by atoms with Crippen molar-refractivity contribution in [1.29, 1.82) is 0 Å². The van der Waals surface area contributed by atoms with E-state index in [1.165, 1.54) is 24.5 Å². The fourth-order valence-electron chi connectivity index (χ4n) is 1.99. The highest BCUT2D eigenvalue weighted by Crippen LogP contribution is 2.27. The summed E-state index contributed by atoms with van der Waals surface area (Å²) in [6.07, 6.45) is 3.42.